The third-order valence-corrected chi connectivity index (χ3v) is 8.25. The second kappa shape index (κ2) is 13.8. The second-order valence-electron chi connectivity index (χ2n) is 9.01. The van der Waals surface area contributed by atoms with E-state index in [-0.39, 0.29) is 42.5 Å². The average molecular weight is 498 g/mol. The summed E-state index contributed by atoms with van der Waals surface area (Å²) in [6.07, 6.45) is 4.76. The van der Waals surface area contributed by atoms with Crippen LogP contribution in [0, 0.1) is 5.82 Å². The molecule has 1 aromatic rings. The van der Waals surface area contributed by atoms with Gasteiger partial charge in [0.2, 0.25) is 21.8 Å². The molecule has 192 valence electrons. The Labute approximate surface area is 204 Å². The van der Waals surface area contributed by atoms with E-state index in [1.54, 1.807) is 24.0 Å². The number of hydrogen-bond acceptors (Lipinski definition) is 4. The molecule has 0 saturated carbocycles. The molecule has 0 spiro atoms. The summed E-state index contributed by atoms with van der Waals surface area (Å²) in [4.78, 5) is 29.5. The monoisotopic (exact) mass is 497 g/mol. The molecule has 0 aliphatic carbocycles. The zero-order valence-corrected chi connectivity index (χ0v) is 21.7. The number of nitrogens with zero attached hydrogens (tertiary/aromatic N) is 3. The van der Waals surface area contributed by atoms with E-state index in [1.165, 1.54) is 16.4 Å². The highest BCUT2D eigenvalue weighted by Crippen LogP contribution is 2.21. The average Bonchev–Trinajstić information content (AvgIpc) is 2.82. The molecular formula is C25H40FN3O4S. The molecule has 0 bridgehead atoms. The Morgan fingerprint density at radius 3 is 2.24 bits per heavy atom. The van der Waals surface area contributed by atoms with Gasteiger partial charge in [0.05, 0.1) is 12.3 Å². The van der Waals surface area contributed by atoms with Gasteiger partial charge in [0, 0.05) is 38.6 Å². The smallest absolute Gasteiger partial charge is 0.238 e. The number of carbonyl (C=O) groups is 2. The standard InChI is InChI=1S/C25H40FN3O4S/c1-4-7-8-24(30)27-16-13-23(14-17-27)29(19-21-9-11-22(26)12-10-21)25(31)20-28(15-5-2)34(32,33)18-6-3/h9-12,23H,4-8,13-20H2,1-3H3. The number of rotatable bonds is 13. The van der Waals surface area contributed by atoms with Crippen LogP contribution in [-0.4, -0.2) is 72.3 Å². The number of amides is 2. The van der Waals surface area contributed by atoms with Crippen molar-refractivity contribution in [2.45, 2.75) is 78.3 Å². The predicted molar refractivity (Wildman–Crippen MR) is 132 cm³/mol. The molecule has 1 heterocycles. The van der Waals surface area contributed by atoms with Gasteiger partial charge in [-0.05, 0) is 49.8 Å². The number of carbonyl (C=O) groups excluding carboxylic acids is 2. The number of benzene rings is 1. The Morgan fingerprint density at radius 2 is 1.68 bits per heavy atom. The minimum absolute atomic E-state index is 0.0104. The lowest BCUT2D eigenvalue weighted by Gasteiger charge is -2.39. The van der Waals surface area contributed by atoms with Crippen molar-refractivity contribution in [3.8, 4) is 0 Å². The van der Waals surface area contributed by atoms with Gasteiger partial charge in [-0.3, -0.25) is 9.59 Å². The van der Waals surface area contributed by atoms with Crippen LogP contribution < -0.4 is 0 Å². The Morgan fingerprint density at radius 1 is 1.03 bits per heavy atom. The van der Waals surface area contributed by atoms with Gasteiger partial charge in [0.15, 0.2) is 0 Å². The normalized spacial score (nSPS) is 15.0. The van der Waals surface area contributed by atoms with E-state index in [0.717, 1.165) is 18.4 Å². The summed E-state index contributed by atoms with van der Waals surface area (Å²) in [6.45, 7) is 7.28. The molecular weight excluding hydrogens is 457 g/mol. The summed E-state index contributed by atoms with van der Waals surface area (Å²) in [5, 5.41) is 0. The summed E-state index contributed by atoms with van der Waals surface area (Å²) in [6, 6.07) is 5.92. The first-order valence-electron chi connectivity index (χ1n) is 12.5. The van der Waals surface area contributed by atoms with E-state index < -0.39 is 10.0 Å². The molecule has 0 atom stereocenters. The summed E-state index contributed by atoms with van der Waals surface area (Å²) in [7, 11) is -3.52. The van der Waals surface area contributed by atoms with E-state index in [2.05, 4.69) is 6.92 Å². The Kier molecular flexibility index (Phi) is 11.4. The van der Waals surface area contributed by atoms with Crippen molar-refractivity contribution in [2.75, 3.05) is 31.9 Å². The van der Waals surface area contributed by atoms with E-state index in [9.17, 15) is 22.4 Å². The molecule has 34 heavy (non-hydrogen) atoms. The fourth-order valence-electron chi connectivity index (χ4n) is 4.32. The fourth-order valence-corrected chi connectivity index (χ4v) is 5.86. The Balaban J connectivity index is 2.18. The predicted octanol–water partition coefficient (Wildman–Crippen LogP) is 3.79. The highest BCUT2D eigenvalue weighted by molar-refractivity contribution is 7.89. The largest absolute Gasteiger partial charge is 0.343 e. The topological polar surface area (TPSA) is 78.0 Å². The lowest BCUT2D eigenvalue weighted by molar-refractivity contribution is -0.137. The number of likely N-dealkylation sites (tertiary alicyclic amines) is 1. The summed E-state index contributed by atoms with van der Waals surface area (Å²) in [5.41, 5.74) is 0.787. The number of piperidine rings is 1. The van der Waals surface area contributed by atoms with Crippen LogP contribution in [0.15, 0.2) is 24.3 Å². The minimum atomic E-state index is -3.52. The minimum Gasteiger partial charge on any atom is -0.343 e. The molecule has 0 aromatic heterocycles. The van der Waals surface area contributed by atoms with E-state index in [1.807, 2.05) is 11.8 Å². The number of halogens is 1. The van der Waals surface area contributed by atoms with Gasteiger partial charge in [-0.2, -0.15) is 4.31 Å². The molecule has 1 aromatic carbocycles. The highest BCUT2D eigenvalue weighted by Gasteiger charge is 2.32. The van der Waals surface area contributed by atoms with Crippen molar-refractivity contribution in [3.63, 3.8) is 0 Å². The van der Waals surface area contributed by atoms with Crippen LogP contribution in [-0.2, 0) is 26.2 Å². The van der Waals surface area contributed by atoms with Gasteiger partial charge in [0.1, 0.15) is 5.82 Å². The number of hydrogen-bond donors (Lipinski definition) is 0. The highest BCUT2D eigenvalue weighted by atomic mass is 32.2. The number of unbranched alkanes of at least 4 members (excludes halogenated alkanes) is 1. The molecule has 1 fully saturated rings. The van der Waals surface area contributed by atoms with Crippen LogP contribution >= 0.6 is 0 Å². The molecule has 1 saturated heterocycles. The lowest BCUT2D eigenvalue weighted by Crippen LogP contribution is -2.51. The second-order valence-corrected chi connectivity index (χ2v) is 11.1. The third kappa shape index (κ3) is 8.34. The first-order chi connectivity index (χ1) is 16.2. The molecule has 0 N–H and O–H groups in total. The maximum absolute atomic E-state index is 13.5. The molecule has 2 amide bonds. The van der Waals surface area contributed by atoms with Crippen molar-refractivity contribution in [1.82, 2.24) is 14.1 Å². The SMILES string of the molecule is CCCCC(=O)N1CCC(N(Cc2ccc(F)cc2)C(=O)CN(CCC)S(=O)(=O)CCC)CC1. The molecule has 0 unspecified atom stereocenters. The molecule has 1 aliphatic heterocycles. The van der Waals surface area contributed by atoms with Crippen molar-refractivity contribution in [2.24, 2.45) is 0 Å². The van der Waals surface area contributed by atoms with Crippen LogP contribution in [0.3, 0.4) is 0 Å². The lowest BCUT2D eigenvalue weighted by atomic mass is 10.0. The third-order valence-electron chi connectivity index (χ3n) is 6.23. The van der Waals surface area contributed by atoms with Crippen LogP contribution in [0.5, 0.6) is 0 Å². The van der Waals surface area contributed by atoms with Crippen molar-refractivity contribution < 1.29 is 22.4 Å². The quantitative estimate of drug-likeness (QED) is 0.415. The van der Waals surface area contributed by atoms with Gasteiger partial charge in [-0.1, -0.05) is 39.3 Å². The molecule has 7 nitrogen and oxygen atoms in total. The molecule has 9 heteroatoms. The van der Waals surface area contributed by atoms with Crippen molar-refractivity contribution in [1.29, 1.82) is 0 Å². The summed E-state index contributed by atoms with van der Waals surface area (Å²) >= 11 is 0. The van der Waals surface area contributed by atoms with Gasteiger partial charge in [-0.15, -0.1) is 0 Å². The van der Waals surface area contributed by atoms with Gasteiger partial charge in [0.25, 0.3) is 0 Å². The molecule has 1 aliphatic rings. The van der Waals surface area contributed by atoms with Crippen LogP contribution in [0.4, 0.5) is 4.39 Å². The Bertz CT molecular complexity index is 884. The van der Waals surface area contributed by atoms with E-state index in [4.69, 9.17) is 0 Å². The first kappa shape index (κ1) is 28.2. The van der Waals surface area contributed by atoms with Crippen LogP contribution in [0.1, 0.15) is 71.3 Å². The first-order valence-corrected chi connectivity index (χ1v) is 14.1. The van der Waals surface area contributed by atoms with Gasteiger partial charge < -0.3 is 9.80 Å². The maximum atomic E-state index is 13.5. The number of sulfonamides is 1. The fraction of sp³-hybridized carbons (Fsp3) is 0.680. The summed E-state index contributed by atoms with van der Waals surface area (Å²) in [5.74, 6) is -0.443. The summed E-state index contributed by atoms with van der Waals surface area (Å²) < 4.78 is 40.2. The van der Waals surface area contributed by atoms with Gasteiger partial charge in [-0.25, -0.2) is 12.8 Å². The zero-order valence-electron chi connectivity index (χ0n) is 20.8. The van der Waals surface area contributed by atoms with Crippen molar-refractivity contribution >= 4 is 21.8 Å². The van der Waals surface area contributed by atoms with Crippen molar-refractivity contribution in [3.05, 3.63) is 35.6 Å². The van der Waals surface area contributed by atoms with Crippen LogP contribution in [0.2, 0.25) is 0 Å². The Hall–Kier alpha value is -2.00. The maximum Gasteiger partial charge on any atom is 0.238 e. The van der Waals surface area contributed by atoms with Gasteiger partial charge >= 0.3 is 0 Å². The van der Waals surface area contributed by atoms with E-state index >= 15 is 0 Å². The van der Waals surface area contributed by atoms with Crippen LogP contribution in [0.25, 0.3) is 0 Å². The zero-order chi connectivity index (χ0) is 25.1. The van der Waals surface area contributed by atoms with E-state index in [0.29, 0.717) is 51.7 Å². The molecule has 0 radical (unpaired) electrons. The molecule has 2 rings (SSSR count).